The minimum Gasteiger partial charge on any atom is -0.340 e. The van der Waals surface area contributed by atoms with E-state index in [4.69, 9.17) is 5.73 Å². The maximum absolute atomic E-state index is 12.3. The Morgan fingerprint density at radius 3 is 2.60 bits per heavy atom. The van der Waals surface area contributed by atoms with Gasteiger partial charge in [0.15, 0.2) is 0 Å². The summed E-state index contributed by atoms with van der Waals surface area (Å²) >= 11 is 0. The molecule has 2 atom stereocenters. The van der Waals surface area contributed by atoms with E-state index in [1.165, 1.54) is 0 Å². The summed E-state index contributed by atoms with van der Waals surface area (Å²) in [6.07, 6.45) is 3.32. The lowest BCUT2D eigenvalue weighted by Gasteiger charge is -2.30. The lowest BCUT2D eigenvalue weighted by atomic mass is 9.94. The monoisotopic (exact) mass is 212 g/mol. The van der Waals surface area contributed by atoms with Crippen molar-refractivity contribution in [3.05, 3.63) is 0 Å². The van der Waals surface area contributed by atoms with Crippen LogP contribution in [0.4, 0.5) is 0 Å². The molecule has 1 saturated carbocycles. The third-order valence-corrected chi connectivity index (χ3v) is 3.53. The Bertz CT molecular complexity index is 216. The van der Waals surface area contributed by atoms with Crippen LogP contribution in [0.25, 0.3) is 0 Å². The van der Waals surface area contributed by atoms with Gasteiger partial charge in [-0.15, -0.1) is 0 Å². The van der Waals surface area contributed by atoms with Crippen LogP contribution in [0.3, 0.4) is 0 Å². The normalized spacial score (nSPS) is 25.9. The molecule has 88 valence electrons. The van der Waals surface area contributed by atoms with Crippen molar-refractivity contribution < 1.29 is 4.79 Å². The Kier molecular flexibility index (Phi) is 4.58. The van der Waals surface area contributed by atoms with Gasteiger partial charge in [-0.25, -0.2) is 0 Å². The van der Waals surface area contributed by atoms with Gasteiger partial charge in [0.05, 0.1) is 0 Å². The van der Waals surface area contributed by atoms with Gasteiger partial charge in [-0.2, -0.15) is 0 Å². The maximum Gasteiger partial charge on any atom is 0.226 e. The summed E-state index contributed by atoms with van der Waals surface area (Å²) in [5, 5.41) is 0. The molecule has 0 aliphatic heterocycles. The van der Waals surface area contributed by atoms with Crippen molar-refractivity contribution in [2.75, 3.05) is 13.1 Å². The first-order valence-corrected chi connectivity index (χ1v) is 6.12. The van der Waals surface area contributed by atoms with Crippen LogP contribution < -0.4 is 5.73 Å². The maximum atomic E-state index is 12.3. The lowest BCUT2D eigenvalue weighted by Crippen LogP contribution is -2.42. The molecule has 15 heavy (non-hydrogen) atoms. The summed E-state index contributed by atoms with van der Waals surface area (Å²) in [5.74, 6) is 0.933. The standard InChI is InChI=1S/C12H24N2O/c1-4-14(9(2)3)12(15)11-7-5-6-10(11)8-13/h9-11H,4-8,13H2,1-3H3/t10-,11-/m1/s1. The highest BCUT2D eigenvalue weighted by Gasteiger charge is 2.34. The second kappa shape index (κ2) is 5.50. The largest absolute Gasteiger partial charge is 0.340 e. The SMILES string of the molecule is CCN(C(=O)[C@@H]1CCC[C@@H]1CN)C(C)C. The Balaban J connectivity index is 2.65. The molecular formula is C12H24N2O. The Hall–Kier alpha value is -0.570. The average Bonchev–Trinajstić information content (AvgIpc) is 2.65. The van der Waals surface area contributed by atoms with Gasteiger partial charge in [-0.05, 0) is 46.1 Å². The van der Waals surface area contributed by atoms with E-state index in [1.54, 1.807) is 0 Å². The van der Waals surface area contributed by atoms with Gasteiger partial charge in [-0.1, -0.05) is 6.42 Å². The minimum absolute atomic E-state index is 0.192. The van der Waals surface area contributed by atoms with Crippen LogP contribution in [0.2, 0.25) is 0 Å². The molecule has 0 heterocycles. The van der Waals surface area contributed by atoms with E-state index in [9.17, 15) is 4.79 Å². The molecular weight excluding hydrogens is 188 g/mol. The topological polar surface area (TPSA) is 46.3 Å². The fraction of sp³-hybridized carbons (Fsp3) is 0.917. The van der Waals surface area contributed by atoms with Crippen molar-refractivity contribution in [3.63, 3.8) is 0 Å². The molecule has 0 aromatic rings. The zero-order chi connectivity index (χ0) is 11.4. The van der Waals surface area contributed by atoms with Crippen LogP contribution in [0.15, 0.2) is 0 Å². The quantitative estimate of drug-likeness (QED) is 0.769. The van der Waals surface area contributed by atoms with Crippen molar-refractivity contribution >= 4 is 5.91 Å². The fourth-order valence-electron chi connectivity index (χ4n) is 2.63. The van der Waals surface area contributed by atoms with Gasteiger partial charge in [0.25, 0.3) is 0 Å². The summed E-state index contributed by atoms with van der Waals surface area (Å²) in [6, 6.07) is 0.307. The van der Waals surface area contributed by atoms with Gasteiger partial charge in [0.1, 0.15) is 0 Å². The van der Waals surface area contributed by atoms with Crippen LogP contribution in [0.1, 0.15) is 40.0 Å². The number of rotatable bonds is 4. The Labute approximate surface area is 93.0 Å². The van der Waals surface area contributed by atoms with E-state index in [0.717, 1.165) is 25.8 Å². The first kappa shape index (κ1) is 12.5. The van der Waals surface area contributed by atoms with E-state index in [-0.39, 0.29) is 5.92 Å². The molecule has 1 aliphatic carbocycles. The van der Waals surface area contributed by atoms with Gasteiger partial charge < -0.3 is 10.6 Å². The van der Waals surface area contributed by atoms with Gasteiger partial charge in [-0.3, -0.25) is 4.79 Å². The van der Waals surface area contributed by atoms with E-state index >= 15 is 0 Å². The molecule has 3 heteroatoms. The van der Waals surface area contributed by atoms with Crippen molar-refractivity contribution in [2.45, 2.75) is 46.1 Å². The van der Waals surface area contributed by atoms with Crippen molar-refractivity contribution in [2.24, 2.45) is 17.6 Å². The summed E-state index contributed by atoms with van der Waals surface area (Å²) in [6.45, 7) is 7.67. The first-order chi connectivity index (χ1) is 7.11. The van der Waals surface area contributed by atoms with E-state index in [2.05, 4.69) is 13.8 Å². The zero-order valence-corrected chi connectivity index (χ0v) is 10.2. The van der Waals surface area contributed by atoms with E-state index in [1.807, 2.05) is 11.8 Å². The molecule has 1 amide bonds. The number of hydrogen-bond donors (Lipinski definition) is 1. The molecule has 0 bridgehead atoms. The van der Waals surface area contributed by atoms with Crippen molar-refractivity contribution in [1.29, 1.82) is 0 Å². The number of nitrogens with two attached hydrogens (primary N) is 1. The smallest absolute Gasteiger partial charge is 0.226 e. The number of hydrogen-bond acceptors (Lipinski definition) is 2. The van der Waals surface area contributed by atoms with Crippen molar-refractivity contribution in [3.8, 4) is 0 Å². The zero-order valence-electron chi connectivity index (χ0n) is 10.2. The molecule has 3 nitrogen and oxygen atoms in total. The van der Waals surface area contributed by atoms with Crippen LogP contribution in [0.5, 0.6) is 0 Å². The van der Waals surface area contributed by atoms with Gasteiger partial charge >= 0.3 is 0 Å². The number of amides is 1. The summed E-state index contributed by atoms with van der Waals surface area (Å²) in [4.78, 5) is 14.2. The third kappa shape index (κ3) is 2.71. The Morgan fingerprint density at radius 2 is 2.13 bits per heavy atom. The van der Waals surface area contributed by atoms with Crippen LogP contribution in [0, 0.1) is 11.8 Å². The average molecular weight is 212 g/mol. The molecule has 1 fully saturated rings. The molecule has 0 spiro atoms. The minimum atomic E-state index is 0.192. The fourth-order valence-corrected chi connectivity index (χ4v) is 2.63. The van der Waals surface area contributed by atoms with E-state index in [0.29, 0.717) is 24.4 Å². The lowest BCUT2D eigenvalue weighted by molar-refractivity contribution is -0.138. The number of carbonyl (C=O) groups excluding carboxylic acids is 1. The predicted molar refractivity (Wildman–Crippen MR) is 62.4 cm³/mol. The van der Waals surface area contributed by atoms with Crippen LogP contribution >= 0.6 is 0 Å². The number of nitrogens with zero attached hydrogens (tertiary/aromatic N) is 1. The second-order valence-corrected chi connectivity index (χ2v) is 4.75. The van der Waals surface area contributed by atoms with Crippen LogP contribution in [-0.2, 0) is 4.79 Å². The summed E-state index contributed by atoms with van der Waals surface area (Å²) in [7, 11) is 0. The molecule has 0 saturated heterocycles. The molecule has 0 aromatic carbocycles. The Morgan fingerprint density at radius 1 is 1.47 bits per heavy atom. The van der Waals surface area contributed by atoms with Crippen LogP contribution in [-0.4, -0.2) is 29.9 Å². The van der Waals surface area contributed by atoms with E-state index < -0.39 is 0 Å². The molecule has 0 aromatic heterocycles. The van der Waals surface area contributed by atoms with Gasteiger partial charge in [0.2, 0.25) is 5.91 Å². The molecule has 1 rings (SSSR count). The number of carbonyl (C=O) groups is 1. The molecule has 2 N–H and O–H groups in total. The summed E-state index contributed by atoms with van der Waals surface area (Å²) < 4.78 is 0. The highest BCUT2D eigenvalue weighted by Crippen LogP contribution is 2.32. The molecule has 0 radical (unpaired) electrons. The highest BCUT2D eigenvalue weighted by atomic mass is 16.2. The van der Waals surface area contributed by atoms with Gasteiger partial charge in [0, 0.05) is 18.5 Å². The molecule has 1 aliphatic rings. The highest BCUT2D eigenvalue weighted by molar-refractivity contribution is 5.79. The second-order valence-electron chi connectivity index (χ2n) is 4.75. The predicted octanol–water partition coefficient (Wildman–Crippen LogP) is 1.62. The molecule has 0 unspecified atom stereocenters. The van der Waals surface area contributed by atoms with Crippen molar-refractivity contribution in [1.82, 2.24) is 4.90 Å². The first-order valence-electron chi connectivity index (χ1n) is 6.12. The third-order valence-electron chi connectivity index (χ3n) is 3.53. The summed E-state index contributed by atoms with van der Waals surface area (Å²) in [5.41, 5.74) is 5.71.